The number of hydrogen-bond acceptors (Lipinski definition) is 3. The predicted octanol–water partition coefficient (Wildman–Crippen LogP) is 2.92. The van der Waals surface area contributed by atoms with E-state index in [1.54, 1.807) is 0 Å². The van der Waals surface area contributed by atoms with E-state index in [2.05, 4.69) is 5.32 Å². The molecule has 1 aromatic carbocycles. The quantitative estimate of drug-likeness (QED) is 0.877. The van der Waals surface area contributed by atoms with Gasteiger partial charge in [0.05, 0.1) is 6.61 Å². The Bertz CT molecular complexity index is 484. The lowest BCUT2D eigenvalue weighted by atomic mass is 9.87. The third kappa shape index (κ3) is 2.80. The molecule has 1 fully saturated rings. The Morgan fingerprint density at radius 2 is 2.10 bits per heavy atom. The number of rotatable bonds is 5. The molecular formula is C16H22ClNO2. The summed E-state index contributed by atoms with van der Waals surface area (Å²) in [5, 5.41) is 13.9. The molecule has 0 amide bonds. The number of hydrogen-bond donors (Lipinski definition) is 2. The van der Waals surface area contributed by atoms with Crippen LogP contribution >= 0.6 is 11.6 Å². The average molecular weight is 296 g/mol. The second-order valence-electron chi connectivity index (χ2n) is 6.12. The number of halogens is 1. The molecule has 20 heavy (non-hydrogen) atoms. The van der Waals surface area contributed by atoms with Gasteiger partial charge < -0.3 is 15.2 Å². The Kier molecular flexibility index (Phi) is 4.20. The van der Waals surface area contributed by atoms with Crippen LogP contribution in [0.25, 0.3) is 0 Å². The van der Waals surface area contributed by atoms with E-state index in [1.165, 1.54) is 18.4 Å². The number of benzene rings is 1. The van der Waals surface area contributed by atoms with Crippen molar-refractivity contribution >= 4 is 11.6 Å². The highest BCUT2D eigenvalue weighted by Gasteiger charge is 2.32. The molecule has 4 heteroatoms. The molecule has 0 atom stereocenters. The summed E-state index contributed by atoms with van der Waals surface area (Å²) in [5.74, 6) is 1.01. The SMILES string of the molecule is OCC1(CNCc2cc(Cl)cc3c2OCC3)CCCC1. The van der Waals surface area contributed by atoms with Gasteiger partial charge in [0.25, 0.3) is 0 Å². The minimum absolute atomic E-state index is 0.0859. The highest BCUT2D eigenvalue weighted by atomic mass is 35.5. The molecule has 3 rings (SSSR count). The zero-order valence-corrected chi connectivity index (χ0v) is 12.5. The van der Waals surface area contributed by atoms with Crippen LogP contribution in [0.5, 0.6) is 5.75 Å². The first-order chi connectivity index (χ1) is 9.72. The van der Waals surface area contributed by atoms with Crippen molar-refractivity contribution in [3.63, 3.8) is 0 Å². The molecule has 0 radical (unpaired) electrons. The maximum Gasteiger partial charge on any atom is 0.127 e. The second kappa shape index (κ2) is 5.92. The van der Waals surface area contributed by atoms with E-state index in [0.717, 1.165) is 55.3 Å². The van der Waals surface area contributed by atoms with Gasteiger partial charge in [-0.05, 0) is 30.5 Å². The Morgan fingerprint density at radius 1 is 1.30 bits per heavy atom. The summed E-state index contributed by atoms with van der Waals surface area (Å²) in [4.78, 5) is 0. The largest absolute Gasteiger partial charge is 0.493 e. The van der Waals surface area contributed by atoms with Crippen molar-refractivity contribution in [2.24, 2.45) is 5.41 Å². The highest BCUT2D eigenvalue weighted by molar-refractivity contribution is 6.30. The zero-order chi connectivity index (χ0) is 14.0. The summed E-state index contributed by atoms with van der Waals surface area (Å²) in [5.41, 5.74) is 2.44. The number of fused-ring (bicyclic) bond motifs is 1. The molecule has 0 unspecified atom stereocenters. The van der Waals surface area contributed by atoms with Crippen LogP contribution in [0.15, 0.2) is 12.1 Å². The molecule has 2 aliphatic rings. The van der Waals surface area contributed by atoms with Crippen LogP contribution in [0, 0.1) is 5.41 Å². The number of ether oxygens (including phenoxy) is 1. The summed E-state index contributed by atoms with van der Waals surface area (Å²) in [6.45, 7) is 2.66. The molecule has 1 aliphatic carbocycles. The van der Waals surface area contributed by atoms with Gasteiger partial charge in [0.1, 0.15) is 5.75 Å². The molecule has 1 aromatic rings. The van der Waals surface area contributed by atoms with Crippen molar-refractivity contribution in [2.45, 2.75) is 38.6 Å². The smallest absolute Gasteiger partial charge is 0.127 e. The standard InChI is InChI=1S/C16H22ClNO2/c17-14-7-12-3-6-20-15(12)13(8-14)9-18-10-16(11-19)4-1-2-5-16/h7-8,18-19H,1-6,9-11H2. The lowest BCUT2D eigenvalue weighted by Crippen LogP contribution is -2.34. The fourth-order valence-electron chi connectivity index (χ4n) is 3.46. The predicted molar refractivity (Wildman–Crippen MR) is 80.3 cm³/mol. The number of aliphatic hydroxyl groups excluding tert-OH is 1. The minimum Gasteiger partial charge on any atom is -0.493 e. The van der Waals surface area contributed by atoms with Crippen LogP contribution in [-0.2, 0) is 13.0 Å². The maximum atomic E-state index is 9.63. The summed E-state index contributed by atoms with van der Waals surface area (Å²) in [6.07, 6.45) is 5.67. The molecule has 0 aromatic heterocycles. The van der Waals surface area contributed by atoms with E-state index in [4.69, 9.17) is 16.3 Å². The van der Waals surface area contributed by atoms with Gasteiger partial charge in [0.15, 0.2) is 0 Å². The van der Waals surface area contributed by atoms with Crippen LogP contribution in [0.2, 0.25) is 5.02 Å². The van der Waals surface area contributed by atoms with E-state index in [0.29, 0.717) is 0 Å². The molecule has 0 spiro atoms. The Hall–Kier alpha value is -0.770. The van der Waals surface area contributed by atoms with E-state index in [-0.39, 0.29) is 12.0 Å². The van der Waals surface area contributed by atoms with Crippen molar-refractivity contribution < 1.29 is 9.84 Å². The summed E-state index contributed by atoms with van der Waals surface area (Å²) >= 11 is 6.17. The Morgan fingerprint density at radius 3 is 2.85 bits per heavy atom. The molecule has 1 saturated carbocycles. The van der Waals surface area contributed by atoms with Crippen LogP contribution < -0.4 is 10.1 Å². The molecule has 0 saturated heterocycles. The van der Waals surface area contributed by atoms with E-state index in [1.807, 2.05) is 12.1 Å². The summed E-state index contributed by atoms with van der Waals surface area (Å²) in [6, 6.07) is 3.98. The molecule has 110 valence electrons. The Balaban J connectivity index is 1.64. The van der Waals surface area contributed by atoms with Crippen molar-refractivity contribution in [3.05, 3.63) is 28.3 Å². The molecule has 3 nitrogen and oxygen atoms in total. The van der Waals surface area contributed by atoms with Gasteiger partial charge in [-0.1, -0.05) is 24.4 Å². The van der Waals surface area contributed by atoms with Crippen LogP contribution in [0.4, 0.5) is 0 Å². The molecular weight excluding hydrogens is 274 g/mol. The van der Waals surface area contributed by atoms with Gasteiger partial charge in [-0.15, -0.1) is 0 Å². The maximum absolute atomic E-state index is 9.63. The molecule has 0 bridgehead atoms. The van der Waals surface area contributed by atoms with Crippen molar-refractivity contribution in [1.82, 2.24) is 5.32 Å². The molecule has 2 N–H and O–H groups in total. The second-order valence-corrected chi connectivity index (χ2v) is 6.56. The van der Waals surface area contributed by atoms with Gasteiger partial charge in [-0.2, -0.15) is 0 Å². The summed E-state index contributed by atoms with van der Waals surface area (Å²) in [7, 11) is 0. The lowest BCUT2D eigenvalue weighted by molar-refractivity contribution is 0.128. The average Bonchev–Trinajstić information content (AvgIpc) is 3.07. The van der Waals surface area contributed by atoms with E-state index >= 15 is 0 Å². The number of nitrogens with one attached hydrogen (secondary N) is 1. The van der Waals surface area contributed by atoms with Gasteiger partial charge in [0.2, 0.25) is 0 Å². The van der Waals surface area contributed by atoms with Crippen molar-refractivity contribution in [2.75, 3.05) is 19.8 Å². The first-order valence-corrected chi connectivity index (χ1v) is 7.86. The van der Waals surface area contributed by atoms with Crippen molar-refractivity contribution in [3.8, 4) is 5.75 Å². The van der Waals surface area contributed by atoms with Gasteiger partial charge in [-0.25, -0.2) is 0 Å². The van der Waals surface area contributed by atoms with Gasteiger partial charge in [0, 0.05) is 42.1 Å². The third-order valence-electron chi connectivity index (χ3n) is 4.64. The normalized spacial score (nSPS) is 19.9. The highest BCUT2D eigenvalue weighted by Crippen LogP contribution is 2.37. The third-order valence-corrected chi connectivity index (χ3v) is 4.86. The zero-order valence-electron chi connectivity index (χ0n) is 11.8. The van der Waals surface area contributed by atoms with Crippen LogP contribution in [0.3, 0.4) is 0 Å². The topological polar surface area (TPSA) is 41.5 Å². The minimum atomic E-state index is 0.0859. The fourth-order valence-corrected chi connectivity index (χ4v) is 3.72. The molecule has 1 heterocycles. The Labute approximate surface area is 125 Å². The van der Waals surface area contributed by atoms with Gasteiger partial charge in [-0.3, -0.25) is 0 Å². The fraction of sp³-hybridized carbons (Fsp3) is 0.625. The first-order valence-electron chi connectivity index (χ1n) is 7.48. The van der Waals surface area contributed by atoms with Crippen LogP contribution in [0.1, 0.15) is 36.8 Å². The summed E-state index contributed by atoms with van der Waals surface area (Å²) < 4.78 is 5.71. The first kappa shape index (κ1) is 14.2. The van der Waals surface area contributed by atoms with Crippen molar-refractivity contribution in [1.29, 1.82) is 0 Å². The monoisotopic (exact) mass is 295 g/mol. The number of aliphatic hydroxyl groups is 1. The van der Waals surface area contributed by atoms with E-state index in [9.17, 15) is 5.11 Å². The molecule has 1 aliphatic heterocycles. The lowest BCUT2D eigenvalue weighted by Gasteiger charge is -2.27. The van der Waals surface area contributed by atoms with Crippen LogP contribution in [-0.4, -0.2) is 24.9 Å². The van der Waals surface area contributed by atoms with Gasteiger partial charge >= 0.3 is 0 Å². The van der Waals surface area contributed by atoms with E-state index < -0.39 is 0 Å².